The molecule has 1 aromatic rings. The molecule has 0 saturated carbocycles. The third-order valence-corrected chi connectivity index (χ3v) is 2.54. The van der Waals surface area contributed by atoms with Crippen molar-refractivity contribution in [3.05, 3.63) is 28.8 Å². The summed E-state index contributed by atoms with van der Waals surface area (Å²) in [5.41, 5.74) is 1.06. The zero-order valence-electron chi connectivity index (χ0n) is 10.3. The maximum Gasteiger partial charge on any atom is 0.142 e. The average Bonchev–Trinajstić information content (AvgIpc) is 2.29. The van der Waals surface area contributed by atoms with E-state index in [9.17, 15) is 0 Å². The van der Waals surface area contributed by atoms with Crippen LogP contribution in [0.3, 0.4) is 0 Å². The zero-order valence-corrected chi connectivity index (χ0v) is 11.1. The van der Waals surface area contributed by atoms with Crippen LogP contribution >= 0.6 is 11.6 Å². The van der Waals surface area contributed by atoms with Crippen LogP contribution in [0.4, 0.5) is 0 Å². The number of rotatable bonds is 6. The number of nitrogens with one attached hydrogen (secondary N) is 1. The molecular formula is C14H18ClNO. The van der Waals surface area contributed by atoms with Crippen LogP contribution in [0.1, 0.15) is 25.8 Å². The van der Waals surface area contributed by atoms with Crippen LogP contribution in [0.25, 0.3) is 0 Å². The second kappa shape index (κ2) is 7.21. The minimum Gasteiger partial charge on any atom is -0.491 e. The van der Waals surface area contributed by atoms with Gasteiger partial charge in [-0.15, -0.1) is 12.3 Å². The predicted molar refractivity (Wildman–Crippen MR) is 72.4 cm³/mol. The van der Waals surface area contributed by atoms with Crippen molar-refractivity contribution in [1.82, 2.24) is 5.32 Å². The first-order valence-corrected chi connectivity index (χ1v) is 6.10. The zero-order chi connectivity index (χ0) is 12.7. The molecule has 0 heterocycles. The number of hydrogen-bond donors (Lipinski definition) is 1. The summed E-state index contributed by atoms with van der Waals surface area (Å²) < 4.78 is 5.63. The van der Waals surface area contributed by atoms with Gasteiger partial charge in [0.25, 0.3) is 0 Å². The Kier molecular flexibility index (Phi) is 5.90. The second-order valence-electron chi connectivity index (χ2n) is 4.07. The predicted octanol–water partition coefficient (Wildman–Crippen LogP) is 3.24. The summed E-state index contributed by atoms with van der Waals surface area (Å²) in [5.74, 6) is 3.28. The van der Waals surface area contributed by atoms with Gasteiger partial charge >= 0.3 is 0 Å². The summed E-state index contributed by atoms with van der Waals surface area (Å²) in [6.45, 7) is 5.44. The molecule has 0 saturated heterocycles. The van der Waals surface area contributed by atoms with Gasteiger partial charge in [0, 0.05) is 24.6 Å². The van der Waals surface area contributed by atoms with Crippen molar-refractivity contribution in [1.29, 1.82) is 0 Å². The van der Waals surface area contributed by atoms with E-state index in [1.54, 1.807) is 0 Å². The summed E-state index contributed by atoms with van der Waals surface area (Å²) in [5, 5.41) is 3.97. The molecule has 3 heteroatoms. The van der Waals surface area contributed by atoms with E-state index in [1.165, 1.54) is 0 Å². The lowest BCUT2D eigenvalue weighted by molar-refractivity contribution is 0.322. The van der Waals surface area contributed by atoms with Gasteiger partial charge in [0.1, 0.15) is 5.75 Å². The van der Waals surface area contributed by atoms with Crippen molar-refractivity contribution >= 4 is 11.6 Å². The van der Waals surface area contributed by atoms with E-state index in [0.717, 1.165) is 17.9 Å². The van der Waals surface area contributed by atoms with Gasteiger partial charge in [0.05, 0.1) is 11.6 Å². The van der Waals surface area contributed by atoms with E-state index in [0.29, 0.717) is 24.1 Å². The standard InChI is InChI=1S/C14H18ClNO/c1-4-5-9-17-14-12(10-16-11(2)3)7-6-8-13(14)15/h1,6-8,11,16H,5,9-10H2,2-3H3. The first-order valence-electron chi connectivity index (χ1n) is 5.72. The summed E-state index contributed by atoms with van der Waals surface area (Å²) in [7, 11) is 0. The highest BCUT2D eigenvalue weighted by atomic mass is 35.5. The summed E-state index contributed by atoms with van der Waals surface area (Å²) in [6, 6.07) is 6.18. The molecule has 0 aromatic heterocycles. The molecule has 0 aliphatic heterocycles. The van der Waals surface area contributed by atoms with Crippen molar-refractivity contribution in [3.63, 3.8) is 0 Å². The van der Waals surface area contributed by atoms with Crippen molar-refractivity contribution in [2.24, 2.45) is 0 Å². The highest BCUT2D eigenvalue weighted by Gasteiger charge is 2.08. The third kappa shape index (κ3) is 4.68. The molecule has 0 fully saturated rings. The molecule has 1 aromatic carbocycles. The van der Waals surface area contributed by atoms with Crippen LogP contribution in [0.5, 0.6) is 5.75 Å². The van der Waals surface area contributed by atoms with Crippen LogP contribution in [-0.4, -0.2) is 12.6 Å². The fraction of sp³-hybridized carbons (Fsp3) is 0.429. The molecule has 2 nitrogen and oxygen atoms in total. The molecule has 0 atom stereocenters. The fourth-order valence-electron chi connectivity index (χ4n) is 1.38. The maximum atomic E-state index is 6.12. The summed E-state index contributed by atoms with van der Waals surface area (Å²) in [4.78, 5) is 0. The molecule has 1 N–H and O–H groups in total. The Morgan fingerprint density at radius 1 is 1.47 bits per heavy atom. The van der Waals surface area contributed by atoms with Gasteiger partial charge in [-0.2, -0.15) is 0 Å². The van der Waals surface area contributed by atoms with Crippen LogP contribution in [-0.2, 0) is 6.54 Å². The molecule has 17 heavy (non-hydrogen) atoms. The number of halogens is 1. The lowest BCUT2D eigenvalue weighted by atomic mass is 10.2. The Labute approximate surface area is 108 Å². The van der Waals surface area contributed by atoms with Crippen LogP contribution in [0, 0.1) is 12.3 Å². The third-order valence-electron chi connectivity index (χ3n) is 2.24. The monoisotopic (exact) mass is 251 g/mol. The quantitative estimate of drug-likeness (QED) is 0.619. The van der Waals surface area contributed by atoms with Gasteiger partial charge in [-0.25, -0.2) is 0 Å². The first kappa shape index (κ1) is 13.9. The molecular weight excluding hydrogens is 234 g/mol. The smallest absolute Gasteiger partial charge is 0.142 e. The lowest BCUT2D eigenvalue weighted by Gasteiger charge is -2.14. The normalized spacial score (nSPS) is 10.3. The van der Waals surface area contributed by atoms with Gasteiger partial charge in [-0.05, 0) is 6.07 Å². The van der Waals surface area contributed by atoms with E-state index >= 15 is 0 Å². The maximum absolute atomic E-state index is 6.12. The van der Waals surface area contributed by atoms with E-state index in [2.05, 4.69) is 25.1 Å². The molecule has 0 bridgehead atoms. The first-order chi connectivity index (χ1) is 8.15. The Morgan fingerprint density at radius 2 is 2.24 bits per heavy atom. The van der Waals surface area contributed by atoms with E-state index in [4.69, 9.17) is 22.8 Å². The Balaban J connectivity index is 2.74. The molecule has 0 amide bonds. The molecule has 0 radical (unpaired) electrons. The van der Waals surface area contributed by atoms with Crippen molar-refractivity contribution in [3.8, 4) is 18.1 Å². The molecule has 0 unspecified atom stereocenters. The van der Waals surface area contributed by atoms with Gasteiger partial charge in [0.2, 0.25) is 0 Å². The highest BCUT2D eigenvalue weighted by molar-refractivity contribution is 6.32. The van der Waals surface area contributed by atoms with Gasteiger partial charge in [-0.1, -0.05) is 37.6 Å². The average molecular weight is 252 g/mol. The Bertz CT molecular complexity index is 396. The van der Waals surface area contributed by atoms with Gasteiger partial charge < -0.3 is 10.1 Å². The largest absolute Gasteiger partial charge is 0.491 e. The van der Waals surface area contributed by atoms with Gasteiger partial charge in [0.15, 0.2) is 0 Å². The minimum atomic E-state index is 0.424. The summed E-state index contributed by atoms with van der Waals surface area (Å²) in [6.07, 6.45) is 5.78. The topological polar surface area (TPSA) is 21.3 Å². The van der Waals surface area contributed by atoms with E-state index < -0.39 is 0 Å². The van der Waals surface area contributed by atoms with Crippen LogP contribution in [0.15, 0.2) is 18.2 Å². The lowest BCUT2D eigenvalue weighted by Crippen LogP contribution is -2.22. The molecule has 0 aliphatic carbocycles. The number of hydrogen-bond acceptors (Lipinski definition) is 2. The van der Waals surface area contributed by atoms with Crippen molar-refractivity contribution < 1.29 is 4.74 Å². The minimum absolute atomic E-state index is 0.424. The number of para-hydroxylation sites is 1. The van der Waals surface area contributed by atoms with Crippen molar-refractivity contribution in [2.75, 3.05) is 6.61 Å². The summed E-state index contributed by atoms with van der Waals surface area (Å²) >= 11 is 6.12. The Morgan fingerprint density at radius 3 is 2.88 bits per heavy atom. The van der Waals surface area contributed by atoms with E-state index in [-0.39, 0.29) is 0 Å². The highest BCUT2D eigenvalue weighted by Crippen LogP contribution is 2.28. The molecule has 92 valence electrons. The van der Waals surface area contributed by atoms with E-state index in [1.807, 2.05) is 18.2 Å². The van der Waals surface area contributed by atoms with Gasteiger partial charge in [-0.3, -0.25) is 0 Å². The second-order valence-corrected chi connectivity index (χ2v) is 4.47. The molecule has 0 spiro atoms. The number of terminal acetylenes is 1. The number of benzene rings is 1. The molecule has 1 rings (SSSR count). The van der Waals surface area contributed by atoms with Crippen LogP contribution in [0.2, 0.25) is 5.02 Å². The fourth-order valence-corrected chi connectivity index (χ4v) is 1.63. The number of ether oxygens (including phenoxy) is 1. The SMILES string of the molecule is C#CCCOc1c(Cl)cccc1CNC(C)C. The Hall–Kier alpha value is -1.17. The molecule has 0 aliphatic rings. The van der Waals surface area contributed by atoms with Crippen LogP contribution < -0.4 is 10.1 Å². The van der Waals surface area contributed by atoms with Crippen molar-refractivity contribution in [2.45, 2.75) is 32.9 Å².